The Morgan fingerprint density at radius 2 is 1.86 bits per heavy atom. The van der Waals surface area contributed by atoms with Crippen LogP contribution in [0.15, 0.2) is 40.3 Å². The van der Waals surface area contributed by atoms with Crippen LogP contribution in [0.25, 0.3) is 0 Å². The Morgan fingerprint density at radius 3 is 2.58 bits per heavy atom. The van der Waals surface area contributed by atoms with Gasteiger partial charge in [-0.2, -0.15) is 8.42 Å². The van der Waals surface area contributed by atoms with Gasteiger partial charge in [-0.3, -0.25) is 4.18 Å². The van der Waals surface area contributed by atoms with E-state index in [0.29, 0.717) is 24.5 Å². The Balaban J connectivity index is 1.25. The fourth-order valence-corrected chi connectivity index (χ4v) is 9.85. The summed E-state index contributed by atoms with van der Waals surface area (Å²) in [6.07, 6.45) is 0.446. The molecule has 0 amide bonds. The monoisotopic (exact) mass is 534 g/mol. The Morgan fingerprint density at radius 1 is 1.11 bits per heavy atom. The number of carbonyl (C=O) groups is 1. The lowest BCUT2D eigenvalue weighted by Crippen LogP contribution is -2.70. The highest BCUT2D eigenvalue weighted by Crippen LogP contribution is 2.83. The average molecular weight is 535 g/mol. The lowest BCUT2D eigenvalue weighted by molar-refractivity contribution is -0.136. The highest BCUT2D eigenvalue weighted by atomic mass is 35.5. The number of fused-ring (bicyclic) bond motifs is 4. The van der Waals surface area contributed by atoms with Crippen LogP contribution in [0.1, 0.15) is 40.0 Å². The highest BCUT2D eigenvalue weighted by molar-refractivity contribution is 7.86. The van der Waals surface area contributed by atoms with Gasteiger partial charge in [0.15, 0.2) is 5.60 Å². The number of ether oxygens (including phenoxy) is 4. The van der Waals surface area contributed by atoms with Crippen molar-refractivity contribution in [3.8, 4) is 0 Å². The third-order valence-electron chi connectivity index (χ3n) is 10.4. The zero-order valence-corrected chi connectivity index (χ0v) is 21.7. The first-order chi connectivity index (χ1) is 17.0. The molecule has 7 aliphatic rings. The van der Waals surface area contributed by atoms with Gasteiger partial charge in [0, 0.05) is 16.0 Å². The van der Waals surface area contributed by atoms with Crippen molar-refractivity contribution < 1.29 is 36.3 Å². The van der Waals surface area contributed by atoms with Crippen molar-refractivity contribution in [3.05, 3.63) is 40.4 Å². The highest BCUT2D eigenvalue weighted by Gasteiger charge is 3.01. The predicted molar refractivity (Wildman–Crippen MR) is 125 cm³/mol. The summed E-state index contributed by atoms with van der Waals surface area (Å²) in [6.45, 7) is 6.58. The van der Waals surface area contributed by atoms with E-state index >= 15 is 0 Å². The first-order valence-corrected chi connectivity index (χ1v) is 14.4. The summed E-state index contributed by atoms with van der Waals surface area (Å²) in [4.78, 5) is 12.4. The minimum Gasteiger partial charge on any atom is -0.458 e. The van der Waals surface area contributed by atoms with Gasteiger partial charge in [0.2, 0.25) is 0 Å². The molecule has 0 radical (unpaired) electrons. The second-order valence-electron chi connectivity index (χ2n) is 11.9. The fourth-order valence-electron chi connectivity index (χ4n) is 8.59. The molecule has 2 unspecified atom stereocenters. The van der Waals surface area contributed by atoms with Crippen LogP contribution >= 0.6 is 11.6 Å². The van der Waals surface area contributed by atoms with Gasteiger partial charge in [-0.1, -0.05) is 32.4 Å². The molecule has 3 saturated heterocycles. The van der Waals surface area contributed by atoms with Crippen molar-refractivity contribution in [2.75, 3.05) is 6.61 Å². The van der Waals surface area contributed by atoms with E-state index in [4.69, 9.17) is 34.7 Å². The molecule has 0 N–H and O–H groups in total. The Hall–Kier alpha value is -1.49. The maximum Gasteiger partial charge on any atom is 0.334 e. The molecule has 1 aromatic rings. The number of hydrogen-bond acceptors (Lipinski definition) is 8. The van der Waals surface area contributed by atoms with Crippen molar-refractivity contribution in [1.29, 1.82) is 0 Å². The summed E-state index contributed by atoms with van der Waals surface area (Å²) < 4.78 is 58.3. The molecule has 9 atom stereocenters. The number of hydrogen-bond donors (Lipinski definition) is 0. The maximum atomic E-state index is 13.6. The van der Waals surface area contributed by atoms with Crippen LogP contribution < -0.4 is 0 Å². The number of rotatable bonds is 4. The van der Waals surface area contributed by atoms with Gasteiger partial charge in [-0.05, 0) is 60.9 Å². The lowest BCUT2D eigenvalue weighted by Gasteiger charge is -2.53. The predicted octanol–water partition coefficient (Wildman–Crippen LogP) is 3.17. The first-order valence-electron chi connectivity index (χ1n) is 12.6. The third-order valence-corrected chi connectivity index (χ3v) is 11.9. The summed E-state index contributed by atoms with van der Waals surface area (Å²) in [5.41, 5.74) is -0.984. The minimum absolute atomic E-state index is 0.0126. The maximum absolute atomic E-state index is 13.6. The molecule has 8 nitrogen and oxygen atoms in total. The van der Waals surface area contributed by atoms with E-state index in [-0.39, 0.29) is 46.4 Å². The third kappa shape index (κ3) is 2.26. The van der Waals surface area contributed by atoms with Gasteiger partial charge in [0.25, 0.3) is 10.1 Å². The molecule has 0 bridgehead atoms. The number of epoxide rings is 3. The quantitative estimate of drug-likeness (QED) is 0.329. The van der Waals surface area contributed by atoms with Crippen molar-refractivity contribution in [3.63, 3.8) is 0 Å². The number of carbonyl (C=O) groups excluding carboxylic acids is 1. The van der Waals surface area contributed by atoms with Crippen molar-refractivity contribution in [1.82, 2.24) is 0 Å². The largest absolute Gasteiger partial charge is 0.458 e. The molecule has 4 aliphatic heterocycles. The van der Waals surface area contributed by atoms with Gasteiger partial charge < -0.3 is 18.9 Å². The van der Waals surface area contributed by atoms with Crippen LogP contribution in [-0.4, -0.2) is 62.2 Å². The molecule has 3 aliphatic carbocycles. The van der Waals surface area contributed by atoms with E-state index in [1.54, 1.807) is 0 Å². The SMILES string of the molecule is CC(C)[C@@]12O[C@@H]1[C@H]1OC13C1(O[C@H]1C[C@@H]1C4=C(CC[C@@]13C)C(=O)OC4)[C@@H]2OS(=O)(=O)c1ccc(Cl)cc1. The summed E-state index contributed by atoms with van der Waals surface area (Å²) in [7, 11) is -4.14. The molecule has 1 aromatic carbocycles. The smallest absolute Gasteiger partial charge is 0.334 e. The van der Waals surface area contributed by atoms with Gasteiger partial charge in [-0.15, -0.1) is 0 Å². The molecule has 2 saturated carbocycles. The summed E-state index contributed by atoms with van der Waals surface area (Å²) in [5.74, 6) is -0.159. The molecule has 5 fully saturated rings. The van der Waals surface area contributed by atoms with Crippen LogP contribution in [0.3, 0.4) is 0 Å². The van der Waals surface area contributed by atoms with Crippen molar-refractivity contribution in [2.45, 2.75) is 86.1 Å². The van der Waals surface area contributed by atoms with Crippen LogP contribution in [0.4, 0.5) is 0 Å². The Labute approximate surface area is 214 Å². The van der Waals surface area contributed by atoms with Gasteiger partial charge in [0.1, 0.15) is 36.1 Å². The minimum atomic E-state index is -4.14. The fraction of sp³-hybridized carbons (Fsp3) is 0.654. The van der Waals surface area contributed by atoms with Crippen LogP contribution in [-0.2, 0) is 38.0 Å². The van der Waals surface area contributed by atoms with Crippen LogP contribution in [0.5, 0.6) is 0 Å². The molecule has 10 heteroatoms. The molecule has 0 aromatic heterocycles. The van der Waals surface area contributed by atoms with E-state index in [1.807, 2.05) is 13.8 Å². The summed E-state index contributed by atoms with van der Waals surface area (Å²) >= 11 is 5.99. The number of benzene rings is 1. The second kappa shape index (κ2) is 6.38. The molecular formula is C26H27ClO8S. The average Bonchev–Trinajstić information content (AvgIpc) is 3.73. The normalized spacial score (nSPS) is 49.2. The second-order valence-corrected chi connectivity index (χ2v) is 13.9. The van der Waals surface area contributed by atoms with E-state index in [2.05, 4.69) is 6.92 Å². The molecule has 4 heterocycles. The Kier molecular flexibility index (Phi) is 3.99. The molecule has 36 heavy (non-hydrogen) atoms. The molecular weight excluding hydrogens is 508 g/mol. The van der Waals surface area contributed by atoms with Crippen molar-refractivity contribution in [2.24, 2.45) is 17.3 Å². The first kappa shape index (κ1) is 22.5. The van der Waals surface area contributed by atoms with Crippen LogP contribution in [0.2, 0.25) is 5.02 Å². The topological polar surface area (TPSA) is 107 Å². The van der Waals surface area contributed by atoms with Gasteiger partial charge in [-0.25, -0.2) is 4.79 Å². The van der Waals surface area contributed by atoms with E-state index < -0.39 is 33.0 Å². The standard InChI is InChI=1S/C26H27ClO8S/c1-12(2)24-19(33-24)20-26(34-20)23(3)9-8-15-16(11-31-21(15)28)17(23)10-18-25(26,32-18)22(24)35-36(29,30)14-6-4-13(27)5-7-14/h4-7,12,17-20,22H,8-11H2,1-3H3/t17-,18+,19-,20-,22-,23+,24-,25?,26?/m1/s1. The van der Waals surface area contributed by atoms with Crippen LogP contribution in [0, 0.1) is 17.3 Å². The van der Waals surface area contributed by atoms with Gasteiger partial charge in [0.05, 0.1) is 11.0 Å². The number of cyclic esters (lactones) is 1. The summed E-state index contributed by atoms with van der Waals surface area (Å²) in [5, 5.41) is 0.444. The lowest BCUT2D eigenvalue weighted by atomic mass is 9.46. The molecule has 2 spiro atoms. The molecule has 8 rings (SSSR count). The number of halogens is 1. The zero-order valence-electron chi connectivity index (χ0n) is 20.2. The summed E-state index contributed by atoms with van der Waals surface area (Å²) in [6, 6.07) is 5.98. The zero-order chi connectivity index (χ0) is 25.0. The molecule has 192 valence electrons. The van der Waals surface area contributed by atoms with Gasteiger partial charge >= 0.3 is 5.97 Å². The van der Waals surface area contributed by atoms with E-state index in [1.165, 1.54) is 24.3 Å². The van der Waals surface area contributed by atoms with Crippen molar-refractivity contribution >= 4 is 27.7 Å². The van der Waals surface area contributed by atoms with E-state index in [0.717, 1.165) is 17.6 Å². The Bertz CT molecular complexity index is 1370. The van der Waals surface area contributed by atoms with E-state index in [9.17, 15) is 13.2 Å². The number of esters is 1.